The molecule has 0 unspecified atom stereocenters. The highest BCUT2D eigenvalue weighted by Crippen LogP contribution is 2.45. The molecule has 2 amide bonds. The second-order valence-corrected chi connectivity index (χ2v) is 11.4. The zero-order valence-electron chi connectivity index (χ0n) is 20.0. The Hall–Kier alpha value is -3.24. The van der Waals surface area contributed by atoms with E-state index in [0.29, 0.717) is 24.7 Å². The highest BCUT2D eigenvalue weighted by atomic mass is 32.1. The summed E-state index contributed by atoms with van der Waals surface area (Å²) in [7, 11) is 0. The molecule has 8 nitrogen and oxygen atoms in total. The molecule has 2 fully saturated rings. The van der Waals surface area contributed by atoms with Gasteiger partial charge >= 0.3 is 6.09 Å². The first-order valence-corrected chi connectivity index (χ1v) is 14.0. The van der Waals surface area contributed by atoms with Crippen LogP contribution in [0, 0.1) is 6.92 Å². The Kier molecular flexibility index (Phi) is 6.22. The first kappa shape index (κ1) is 23.2. The quantitative estimate of drug-likeness (QED) is 0.363. The predicted octanol–water partition coefficient (Wildman–Crippen LogP) is 5.49. The van der Waals surface area contributed by atoms with Gasteiger partial charge in [-0.1, -0.05) is 29.8 Å². The number of piperidine rings is 1. The average Bonchev–Trinajstić information content (AvgIpc) is 3.30. The molecule has 0 spiro atoms. The first-order valence-electron chi connectivity index (χ1n) is 12.3. The third kappa shape index (κ3) is 4.75. The van der Waals surface area contributed by atoms with Gasteiger partial charge in [-0.05, 0) is 44.6 Å². The number of ether oxygens (including phenoxy) is 1. The van der Waals surface area contributed by atoms with Gasteiger partial charge in [-0.15, -0.1) is 22.7 Å². The molecule has 10 heteroatoms. The molecule has 1 atom stereocenters. The third-order valence-electron chi connectivity index (χ3n) is 6.73. The number of likely N-dealkylation sites (tertiary alicyclic amines) is 1. The van der Waals surface area contributed by atoms with E-state index in [1.165, 1.54) is 16.9 Å². The number of fused-ring (bicyclic) bond motifs is 1. The second-order valence-electron chi connectivity index (χ2n) is 9.46. The van der Waals surface area contributed by atoms with E-state index in [1.807, 2.05) is 20.9 Å². The van der Waals surface area contributed by atoms with Crippen molar-refractivity contribution in [2.45, 2.75) is 51.0 Å². The molecule has 3 aromatic heterocycles. The molecular formula is C26H27N5O3S2. The topological polar surface area (TPSA) is 88.8 Å². The molecule has 1 aliphatic heterocycles. The summed E-state index contributed by atoms with van der Waals surface area (Å²) in [6.45, 7) is 3.04. The van der Waals surface area contributed by atoms with Gasteiger partial charge in [0.25, 0.3) is 5.91 Å². The van der Waals surface area contributed by atoms with E-state index in [4.69, 9.17) is 9.72 Å². The van der Waals surface area contributed by atoms with Crippen molar-refractivity contribution in [1.82, 2.24) is 24.6 Å². The van der Waals surface area contributed by atoms with Gasteiger partial charge in [-0.25, -0.2) is 9.78 Å². The number of imidazole rings is 1. The number of aromatic nitrogens is 3. The summed E-state index contributed by atoms with van der Waals surface area (Å²) in [5.41, 5.74) is 2.75. The summed E-state index contributed by atoms with van der Waals surface area (Å²) in [6, 6.07) is 8.18. The normalized spacial score (nSPS) is 17.9. The van der Waals surface area contributed by atoms with Gasteiger partial charge < -0.3 is 15.0 Å². The summed E-state index contributed by atoms with van der Waals surface area (Å²) >= 11 is 3.12. The zero-order chi connectivity index (χ0) is 24.6. The number of carbonyl (C=O) groups excluding carboxylic acids is 2. The largest absolute Gasteiger partial charge is 0.414 e. The number of rotatable bonds is 6. The van der Waals surface area contributed by atoms with Gasteiger partial charge in [0.15, 0.2) is 4.96 Å². The summed E-state index contributed by atoms with van der Waals surface area (Å²) < 4.78 is 7.17. The van der Waals surface area contributed by atoms with Crippen LogP contribution in [-0.4, -0.2) is 50.4 Å². The van der Waals surface area contributed by atoms with Crippen molar-refractivity contribution >= 4 is 39.6 Å². The van der Waals surface area contributed by atoms with Crippen molar-refractivity contribution in [3.8, 4) is 16.3 Å². The first-order chi connectivity index (χ1) is 17.5. The second kappa shape index (κ2) is 9.67. The molecule has 1 saturated carbocycles. The molecule has 1 N–H and O–H groups in total. The highest BCUT2D eigenvalue weighted by molar-refractivity contribution is 7.15. The van der Waals surface area contributed by atoms with E-state index in [2.05, 4.69) is 41.5 Å². The lowest BCUT2D eigenvalue weighted by Gasteiger charge is -2.35. The fourth-order valence-corrected chi connectivity index (χ4v) is 6.51. The van der Waals surface area contributed by atoms with E-state index in [1.54, 1.807) is 17.5 Å². The van der Waals surface area contributed by atoms with Crippen molar-refractivity contribution in [3.63, 3.8) is 0 Å². The van der Waals surface area contributed by atoms with Crippen LogP contribution in [-0.2, 0) is 0 Å². The van der Waals surface area contributed by atoms with Crippen LogP contribution in [0.4, 0.5) is 4.79 Å². The van der Waals surface area contributed by atoms with Gasteiger partial charge in [-0.3, -0.25) is 9.20 Å². The van der Waals surface area contributed by atoms with Crippen LogP contribution in [0.2, 0.25) is 0 Å². The number of hydrogen-bond donors (Lipinski definition) is 1. The van der Waals surface area contributed by atoms with Crippen LogP contribution in [0.3, 0.4) is 0 Å². The lowest BCUT2D eigenvalue weighted by atomic mass is 10.0. The molecule has 186 valence electrons. The van der Waals surface area contributed by atoms with Crippen molar-refractivity contribution in [2.75, 3.05) is 13.1 Å². The van der Waals surface area contributed by atoms with Gasteiger partial charge in [0.2, 0.25) is 5.88 Å². The molecule has 4 heterocycles. The molecule has 1 aromatic carbocycles. The smallest absolute Gasteiger partial charge is 0.390 e. The Labute approximate surface area is 216 Å². The fourth-order valence-electron chi connectivity index (χ4n) is 4.59. The molecule has 0 bridgehead atoms. The summed E-state index contributed by atoms with van der Waals surface area (Å²) in [6.07, 6.45) is 8.03. The average molecular weight is 522 g/mol. The fraction of sp³-hybridized carbons (Fsp3) is 0.385. The number of amides is 2. The Balaban J connectivity index is 1.18. The number of carbonyl (C=O) groups is 2. The molecule has 1 saturated heterocycles. The van der Waals surface area contributed by atoms with E-state index in [0.717, 1.165) is 52.5 Å². The maximum Gasteiger partial charge on any atom is 0.414 e. The third-order valence-corrected chi connectivity index (χ3v) is 8.76. The number of hydrogen-bond acceptors (Lipinski definition) is 7. The van der Waals surface area contributed by atoms with Crippen molar-refractivity contribution in [2.24, 2.45) is 0 Å². The molecule has 0 radical (unpaired) electrons. The van der Waals surface area contributed by atoms with E-state index < -0.39 is 6.09 Å². The summed E-state index contributed by atoms with van der Waals surface area (Å²) in [5.74, 6) is 0.684. The van der Waals surface area contributed by atoms with E-state index in [9.17, 15) is 9.59 Å². The standard InChI is InChI=1S/C26H27N5O3S2/c1-16-5-7-17(8-6-16)22-21(29-23(36-22)18-9-10-18)24(32)31-11-3-2-4-19(31)14-27-26(33)34-20-15-30-12-13-35-25(30)28-20/h5-8,12-13,15,18-19H,2-4,9-11,14H2,1H3,(H,27,33)/t19-/m0/s1. The number of aryl methyl sites for hydroxylation is 1. The number of nitrogens with one attached hydrogen (secondary N) is 1. The monoisotopic (exact) mass is 521 g/mol. The number of thiazole rings is 2. The Morgan fingerprint density at radius 3 is 2.75 bits per heavy atom. The molecule has 2 aliphatic rings. The predicted molar refractivity (Wildman–Crippen MR) is 140 cm³/mol. The molecule has 1 aliphatic carbocycles. The number of nitrogens with zero attached hydrogens (tertiary/aromatic N) is 4. The van der Waals surface area contributed by atoms with E-state index >= 15 is 0 Å². The minimum atomic E-state index is -0.566. The maximum atomic E-state index is 13.8. The van der Waals surface area contributed by atoms with Crippen LogP contribution in [0.25, 0.3) is 15.4 Å². The Morgan fingerprint density at radius 1 is 1.14 bits per heavy atom. The minimum Gasteiger partial charge on any atom is -0.390 e. The van der Waals surface area contributed by atoms with Gasteiger partial charge in [0, 0.05) is 36.6 Å². The van der Waals surface area contributed by atoms with Crippen molar-refractivity contribution in [1.29, 1.82) is 0 Å². The molecular weight excluding hydrogens is 494 g/mol. The van der Waals surface area contributed by atoms with Crippen molar-refractivity contribution < 1.29 is 14.3 Å². The van der Waals surface area contributed by atoms with Gasteiger partial charge in [0.1, 0.15) is 5.69 Å². The van der Waals surface area contributed by atoms with Crippen molar-refractivity contribution in [3.05, 3.63) is 58.3 Å². The van der Waals surface area contributed by atoms with Crippen LogP contribution in [0.5, 0.6) is 5.88 Å². The van der Waals surface area contributed by atoms with Gasteiger partial charge in [-0.2, -0.15) is 4.98 Å². The Bertz CT molecular complexity index is 1370. The molecule has 4 aromatic rings. The van der Waals surface area contributed by atoms with Crippen LogP contribution >= 0.6 is 22.7 Å². The molecule has 36 heavy (non-hydrogen) atoms. The maximum absolute atomic E-state index is 13.8. The highest BCUT2D eigenvalue weighted by Gasteiger charge is 2.34. The molecule has 6 rings (SSSR count). The zero-order valence-corrected chi connectivity index (χ0v) is 21.6. The lowest BCUT2D eigenvalue weighted by molar-refractivity contribution is 0.0607. The van der Waals surface area contributed by atoms with Gasteiger partial charge in [0.05, 0.1) is 16.1 Å². The van der Waals surface area contributed by atoms with E-state index in [-0.39, 0.29) is 17.8 Å². The summed E-state index contributed by atoms with van der Waals surface area (Å²) in [4.78, 5) is 39.0. The summed E-state index contributed by atoms with van der Waals surface area (Å²) in [5, 5.41) is 5.82. The Morgan fingerprint density at radius 2 is 1.97 bits per heavy atom. The van der Waals surface area contributed by atoms with Crippen LogP contribution in [0.15, 0.2) is 42.0 Å². The van der Waals surface area contributed by atoms with Crippen LogP contribution in [0.1, 0.15) is 59.1 Å². The lowest BCUT2D eigenvalue weighted by Crippen LogP contribution is -2.50. The SMILES string of the molecule is Cc1ccc(-c2sc(C3CC3)nc2C(=O)N2CCCC[C@H]2CNC(=O)Oc2cn3ccsc3n2)cc1. The van der Waals surface area contributed by atoms with Crippen LogP contribution < -0.4 is 10.1 Å². The minimum absolute atomic E-state index is 0.0528. The number of benzene rings is 1.